The lowest BCUT2D eigenvalue weighted by Crippen LogP contribution is -2.08. The minimum atomic E-state index is -4.36. The summed E-state index contributed by atoms with van der Waals surface area (Å²) >= 11 is 1.74. The second-order valence-corrected chi connectivity index (χ2v) is 4.19. The summed E-state index contributed by atoms with van der Waals surface area (Å²) in [6.45, 7) is 0.744. The minimum absolute atomic E-state index is 0.620. The molecule has 0 saturated carbocycles. The summed E-state index contributed by atoms with van der Waals surface area (Å²) < 4.78 is 36.6. The van der Waals surface area contributed by atoms with E-state index in [1.165, 1.54) is 12.3 Å². The third-order valence-electron chi connectivity index (χ3n) is 1.91. The molecule has 1 rings (SSSR count). The van der Waals surface area contributed by atoms with Gasteiger partial charge in [0.2, 0.25) is 0 Å². The predicted molar refractivity (Wildman–Crippen MR) is 60.7 cm³/mol. The van der Waals surface area contributed by atoms with Crippen LogP contribution in [0.4, 0.5) is 18.9 Å². The number of rotatable bonds is 5. The molecule has 1 heterocycles. The summed E-state index contributed by atoms with van der Waals surface area (Å²) in [5.74, 6) is 1.03. The monoisotopic (exact) mass is 250 g/mol. The van der Waals surface area contributed by atoms with Gasteiger partial charge < -0.3 is 5.32 Å². The van der Waals surface area contributed by atoms with Gasteiger partial charge in [0.1, 0.15) is 5.69 Å². The van der Waals surface area contributed by atoms with Crippen molar-refractivity contribution in [2.75, 3.05) is 23.9 Å². The quantitative estimate of drug-likeness (QED) is 0.812. The largest absolute Gasteiger partial charge is 0.433 e. The molecule has 0 fully saturated rings. The second kappa shape index (κ2) is 5.98. The Morgan fingerprint density at radius 3 is 2.62 bits per heavy atom. The first-order chi connectivity index (χ1) is 7.54. The molecule has 6 heteroatoms. The molecule has 0 aliphatic heterocycles. The highest BCUT2D eigenvalue weighted by Gasteiger charge is 2.31. The SMILES string of the molecule is CSCCCNc1ccc(C(F)(F)F)nc1. The molecule has 0 bridgehead atoms. The van der Waals surface area contributed by atoms with Gasteiger partial charge in [-0.05, 0) is 30.6 Å². The predicted octanol–water partition coefficient (Wildman–Crippen LogP) is 3.27. The fourth-order valence-electron chi connectivity index (χ4n) is 1.12. The van der Waals surface area contributed by atoms with E-state index in [4.69, 9.17) is 0 Å². The lowest BCUT2D eigenvalue weighted by molar-refractivity contribution is -0.141. The summed E-state index contributed by atoms with van der Waals surface area (Å²) in [6, 6.07) is 2.38. The molecule has 0 saturated heterocycles. The molecule has 2 nitrogen and oxygen atoms in total. The molecule has 0 spiro atoms. The number of nitrogens with zero attached hydrogens (tertiary/aromatic N) is 1. The number of hydrogen-bond acceptors (Lipinski definition) is 3. The first-order valence-electron chi connectivity index (χ1n) is 4.80. The van der Waals surface area contributed by atoms with Gasteiger partial charge in [-0.1, -0.05) is 0 Å². The first-order valence-corrected chi connectivity index (χ1v) is 6.19. The molecule has 1 N–H and O–H groups in total. The average molecular weight is 250 g/mol. The molecule has 90 valence electrons. The molecule has 0 radical (unpaired) electrons. The molecule has 0 unspecified atom stereocenters. The molecule has 16 heavy (non-hydrogen) atoms. The van der Waals surface area contributed by atoms with Crippen molar-refractivity contribution in [2.45, 2.75) is 12.6 Å². The molecule has 1 aromatic heterocycles. The fourth-order valence-corrected chi connectivity index (χ4v) is 1.55. The number of anilines is 1. The highest BCUT2D eigenvalue weighted by molar-refractivity contribution is 7.98. The van der Waals surface area contributed by atoms with Gasteiger partial charge in [-0.25, -0.2) is 4.98 Å². The van der Waals surface area contributed by atoms with Gasteiger partial charge in [0.25, 0.3) is 0 Å². The van der Waals surface area contributed by atoms with Crippen LogP contribution in [0.1, 0.15) is 12.1 Å². The number of aromatic nitrogens is 1. The molecule has 0 aromatic carbocycles. The van der Waals surface area contributed by atoms with Gasteiger partial charge in [-0.2, -0.15) is 24.9 Å². The van der Waals surface area contributed by atoms with Crippen LogP contribution in [0.25, 0.3) is 0 Å². The molecule has 0 amide bonds. The van der Waals surface area contributed by atoms with Gasteiger partial charge in [0, 0.05) is 6.54 Å². The summed E-state index contributed by atoms with van der Waals surface area (Å²) in [4.78, 5) is 3.36. The van der Waals surface area contributed by atoms with Gasteiger partial charge in [-0.15, -0.1) is 0 Å². The summed E-state index contributed by atoms with van der Waals surface area (Å²) in [5.41, 5.74) is -0.240. The Hall–Kier alpha value is -0.910. The maximum atomic E-state index is 12.2. The fraction of sp³-hybridized carbons (Fsp3) is 0.500. The van der Waals surface area contributed by atoms with Gasteiger partial charge in [0.15, 0.2) is 0 Å². The van der Waals surface area contributed by atoms with E-state index in [1.807, 2.05) is 6.26 Å². The zero-order valence-electron chi connectivity index (χ0n) is 8.84. The first kappa shape index (κ1) is 13.2. The summed E-state index contributed by atoms with van der Waals surface area (Å²) in [7, 11) is 0. The van der Waals surface area contributed by atoms with Crippen LogP contribution in [0.5, 0.6) is 0 Å². The number of hydrogen-bond donors (Lipinski definition) is 1. The van der Waals surface area contributed by atoms with Crippen LogP contribution < -0.4 is 5.32 Å². The second-order valence-electron chi connectivity index (χ2n) is 3.20. The van der Waals surface area contributed by atoms with E-state index in [0.29, 0.717) is 5.69 Å². The number of nitrogens with one attached hydrogen (secondary N) is 1. The van der Waals surface area contributed by atoms with Gasteiger partial charge in [0.05, 0.1) is 11.9 Å². The van der Waals surface area contributed by atoms with Crippen molar-refractivity contribution in [1.82, 2.24) is 4.98 Å². The Labute approximate surface area is 96.6 Å². The van der Waals surface area contributed by atoms with Crippen molar-refractivity contribution in [3.63, 3.8) is 0 Å². The Balaban J connectivity index is 2.46. The Kier molecular flexibility index (Phi) is 4.92. The highest BCUT2D eigenvalue weighted by Crippen LogP contribution is 2.27. The topological polar surface area (TPSA) is 24.9 Å². The maximum absolute atomic E-state index is 12.2. The van der Waals surface area contributed by atoms with Crippen LogP contribution in [-0.4, -0.2) is 23.5 Å². The third-order valence-corrected chi connectivity index (χ3v) is 2.61. The van der Waals surface area contributed by atoms with Crippen LogP contribution in [0.15, 0.2) is 18.3 Å². The van der Waals surface area contributed by atoms with E-state index in [9.17, 15) is 13.2 Å². The van der Waals surface area contributed by atoms with Crippen molar-refractivity contribution >= 4 is 17.4 Å². The van der Waals surface area contributed by atoms with E-state index in [1.54, 1.807) is 11.8 Å². The molecule has 0 aliphatic rings. The van der Waals surface area contributed by atoms with Crippen LogP contribution in [0.2, 0.25) is 0 Å². The van der Waals surface area contributed by atoms with Crippen LogP contribution in [0.3, 0.4) is 0 Å². The molecule has 0 atom stereocenters. The van der Waals surface area contributed by atoms with E-state index in [-0.39, 0.29) is 0 Å². The molecule has 0 aliphatic carbocycles. The number of halogens is 3. The van der Waals surface area contributed by atoms with Crippen LogP contribution in [-0.2, 0) is 6.18 Å². The number of pyridine rings is 1. The Bertz CT molecular complexity index is 311. The Morgan fingerprint density at radius 1 is 1.38 bits per heavy atom. The zero-order valence-corrected chi connectivity index (χ0v) is 9.66. The van der Waals surface area contributed by atoms with Crippen molar-refractivity contribution < 1.29 is 13.2 Å². The maximum Gasteiger partial charge on any atom is 0.433 e. The third kappa shape index (κ3) is 4.30. The smallest absolute Gasteiger partial charge is 0.384 e. The molecule has 1 aromatic rings. The molecular formula is C10H13F3N2S. The Morgan fingerprint density at radius 2 is 2.12 bits per heavy atom. The lowest BCUT2D eigenvalue weighted by atomic mass is 10.3. The number of thioether (sulfide) groups is 1. The van der Waals surface area contributed by atoms with E-state index in [2.05, 4.69) is 10.3 Å². The number of alkyl halides is 3. The molecular weight excluding hydrogens is 237 g/mol. The van der Waals surface area contributed by atoms with E-state index in [0.717, 1.165) is 24.8 Å². The summed E-state index contributed by atoms with van der Waals surface area (Å²) in [6.07, 6.45) is -0.166. The van der Waals surface area contributed by atoms with Crippen molar-refractivity contribution in [2.24, 2.45) is 0 Å². The normalized spacial score (nSPS) is 11.5. The van der Waals surface area contributed by atoms with Gasteiger partial charge in [-0.3, -0.25) is 0 Å². The van der Waals surface area contributed by atoms with Crippen LogP contribution >= 0.6 is 11.8 Å². The van der Waals surface area contributed by atoms with Crippen molar-refractivity contribution in [3.05, 3.63) is 24.0 Å². The van der Waals surface area contributed by atoms with Crippen LogP contribution in [0, 0.1) is 0 Å². The van der Waals surface area contributed by atoms with Crippen molar-refractivity contribution in [3.8, 4) is 0 Å². The summed E-state index contributed by atoms with van der Waals surface area (Å²) in [5, 5.41) is 3.01. The highest BCUT2D eigenvalue weighted by atomic mass is 32.2. The standard InChI is InChI=1S/C10H13F3N2S/c1-16-6-2-5-14-8-3-4-9(15-7-8)10(11,12)13/h3-4,7,14H,2,5-6H2,1H3. The van der Waals surface area contributed by atoms with E-state index >= 15 is 0 Å². The zero-order chi connectivity index (χ0) is 12.0. The van der Waals surface area contributed by atoms with E-state index < -0.39 is 11.9 Å². The minimum Gasteiger partial charge on any atom is -0.384 e. The lowest BCUT2D eigenvalue weighted by Gasteiger charge is -2.08. The van der Waals surface area contributed by atoms with Gasteiger partial charge >= 0.3 is 6.18 Å². The average Bonchev–Trinajstić information content (AvgIpc) is 2.24. The van der Waals surface area contributed by atoms with Crippen molar-refractivity contribution in [1.29, 1.82) is 0 Å².